The lowest BCUT2D eigenvalue weighted by Gasteiger charge is -2.25. The summed E-state index contributed by atoms with van der Waals surface area (Å²) in [6, 6.07) is 2.53. The van der Waals surface area contributed by atoms with Gasteiger partial charge in [-0.1, -0.05) is 6.07 Å². The number of carboxylic acids is 1. The van der Waals surface area contributed by atoms with E-state index in [1.54, 1.807) is 0 Å². The highest BCUT2D eigenvalue weighted by Gasteiger charge is 2.38. The van der Waals surface area contributed by atoms with E-state index >= 15 is 0 Å². The average molecular weight is 371 g/mol. The zero-order chi connectivity index (χ0) is 19.3. The standard InChI is InChI=1S/C13H14F3NO.C2HF3O2/c14-13(15,16)12-6-5-11(7-17-12)10-3-1-9(8-18)2-4-10;3-2(4,5)1(6)7/h5-10H,1-4H2;(H,6,7). The molecule has 140 valence electrons. The van der Waals surface area contributed by atoms with E-state index in [0.29, 0.717) is 0 Å². The average Bonchev–Trinajstić information content (AvgIpc) is 2.54. The third-order valence-electron chi connectivity index (χ3n) is 3.75. The highest BCUT2D eigenvalue weighted by Crippen LogP contribution is 2.35. The summed E-state index contributed by atoms with van der Waals surface area (Å²) in [6.07, 6.45) is -3.86. The Bertz CT molecular complexity index is 574. The number of nitrogens with zero attached hydrogens (tertiary/aromatic N) is 1. The normalized spacial score (nSPS) is 21.0. The van der Waals surface area contributed by atoms with E-state index in [2.05, 4.69) is 4.98 Å². The summed E-state index contributed by atoms with van der Waals surface area (Å²) in [5.74, 6) is -2.41. The Balaban J connectivity index is 0.000000381. The van der Waals surface area contributed by atoms with Crippen LogP contribution in [0.1, 0.15) is 42.9 Å². The fourth-order valence-electron chi connectivity index (χ4n) is 2.40. The van der Waals surface area contributed by atoms with Gasteiger partial charge in [0, 0.05) is 12.1 Å². The number of carbonyl (C=O) groups excluding carboxylic acids is 1. The Morgan fingerprint density at radius 2 is 1.60 bits per heavy atom. The van der Waals surface area contributed by atoms with Crippen molar-refractivity contribution < 1.29 is 41.0 Å². The van der Waals surface area contributed by atoms with Gasteiger partial charge in [-0.3, -0.25) is 4.98 Å². The Labute approximate surface area is 138 Å². The zero-order valence-electron chi connectivity index (χ0n) is 12.8. The second-order valence-corrected chi connectivity index (χ2v) is 5.53. The molecule has 1 aliphatic carbocycles. The Morgan fingerprint density at radius 1 is 1.08 bits per heavy atom. The van der Waals surface area contributed by atoms with Gasteiger partial charge >= 0.3 is 18.3 Å². The van der Waals surface area contributed by atoms with E-state index < -0.39 is 24.0 Å². The third kappa shape index (κ3) is 6.71. The molecule has 1 fully saturated rings. The Morgan fingerprint density at radius 3 is 1.92 bits per heavy atom. The van der Waals surface area contributed by atoms with Crippen molar-refractivity contribution in [1.29, 1.82) is 0 Å². The smallest absolute Gasteiger partial charge is 0.475 e. The molecule has 1 saturated carbocycles. The van der Waals surface area contributed by atoms with Crippen molar-refractivity contribution >= 4 is 12.3 Å². The topological polar surface area (TPSA) is 67.3 Å². The highest BCUT2D eigenvalue weighted by atomic mass is 19.4. The number of carboxylic acid groups (broad SMARTS) is 1. The number of pyridine rings is 1. The molecule has 4 nitrogen and oxygen atoms in total. The number of aromatic nitrogens is 1. The van der Waals surface area contributed by atoms with Crippen LogP contribution in [0, 0.1) is 5.92 Å². The number of halogens is 6. The second kappa shape index (κ2) is 8.30. The molecule has 0 amide bonds. The molecule has 0 aromatic carbocycles. The number of aldehydes is 1. The van der Waals surface area contributed by atoms with Gasteiger partial charge in [0.05, 0.1) is 0 Å². The molecule has 0 aliphatic heterocycles. The first-order valence-electron chi connectivity index (χ1n) is 7.23. The molecule has 0 radical (unpaired) electrons. The summed E-state index contributed by atoms with van der Waals surface area (Å²) in [5.41, 5.74) is -0.0137. The van der Waals surface area contributed by atoms with Crippen LogP contribution in [-0.2, 0) is 15.8 Å². The van der Waals surface area contributed by atoms with Gasteiger partial charge in [-0.2, -0.15) is 26.3 Å². The van der Waals surface area contributed by atoms with Gasteiger partial charge in [-0.15, -0.1) is 0 Å². The molecule has 1 aromatic rings. The monoisotopic (exact) mass is 371 g/mol. The van der Waals surface area contributed by atoms with E-state index in [-0.39, 0.29) is 11.8 Å². The number of hydrogen-bond acceptors (Lipinski definition) is 3. The SMILES string of the molecule is O=C(O)C(F)(F)F.O=CC1CCC(c2ccc(C(F)(F)F)nc2)CC1. The van der Waals surface area contributed by atoms with Crippen LogP contribution < -0.4 is 0 Å². The molecule has 1 aliphatic rings. The Hall–Kier alpha value is -2.13. The van der Waals surface area contributed by atoms with Crippen LogP contribution in [0.4, 0.5) is 26.3 Å². The molecule has 0 atom stereocenters. The largest absolute Gasteiger partial charge is 0.490 e. The van der Waals surface area contributed by atoms with E-state index in [1.165, 1.54) is 12.3 Å². The minimum Gasteiger partial charge on any atom is -0.475 e. The van der Waals surface area contributed by atoms with Crippen molar-refractivity contribution in [2.24, 2.45) is 5.92 Å². The maximum Gasteiger partial charge on any atom is 0.490 e. The molecule has 1 heterocycles. The minimum absolute atomic E-state index is 0.114. The fourth-order valence-corrected chi connectivity index (χ4v) is 2.40. The summed E-state index contributed by atoms with van der Waals surface area (Å²) in [5, 5.41) is 7.12. The van der Waals surface area contributed by atoms with Crippen LogP contribution in [0.25, 0.3) is 0 Å². The molecule has 2 rings (SSSR count). The number of hydrogen-bond donors (Lipinski definition) is 1. The van der Waals surface area contributed by atoms with Crippen molar-refractivity contribution in [2.45, 2.75) is 44.0 Å². The van der Waals surface area contributed by atoms with Crippen LogP contribution in [-0.4, -0.2) is 28.5 Å². The van der Waals surface area contributed by atoms with Gasteiger partial charge in [-0.05, 0) is 43.2 Å². The second-order valence-electron chi connectivity index (χ2n) is 5.53. The van der Waals surface area contributed by atoms with Crippen molar-refractivity contribution in [3.63, 3.8) is 0 Å². The minimum atomic E-state index is -5.08. The van der Waals surface area contributed by atoms with Crippen molar-refractivity contribution in [2.75, 3.05) is 0 Å². The number of rotatable bonds is 2. The molecule has 25 heavy (non-hydrogen) atoms. The first kappa shape index (κ1) is 20.9. The lowest BCUT2D eigenvalue weighted by Crippen LogP contribution is -2.21. The summed E-state index contributed by atoms with van der Waals surface area (Å²) >= 11 is 0. The predicted molar refractivity (Wildman–Crippen MR) is 73.7 cm³/mol. The zero-order valence-corrected chi connectivity index (χ0v) is 12.8. The van der Waals surface area contributed by atoms with Gasteiger partial charge in [0.15, 0.2) is 0 Å². The molecule has 1 aromatic heterocycles. The first-order chi connectivity index (χ1) is 11.4. The van der Waals surface area contributed by atoms with Crippen LogP contribution in [0.5, 0.6) is 0 Å². The van der Waals surface area contributed by atoms with E-state index in [9.17, 15) is 31.1 Å². The third-order valence-corrected chi connectivity index (χ3v) is 3.75. The molecular formula is C15H15F6NO3. The first-order valence-corrected chi connectivity index (χ1v) is 7.23. The summed E-state index contributed by atoms with van der Waals surface area (Å²) in [4.78, 5) is 23.0. The van der Waals surface area contributed by atoms with Gasteiger partial charge < -0.3 is 9.90 Å². The van der Waals surface area contributed by atoms with E-state index in [1.807, 2.05) is 0 Å². The van der Waals surface area contributed by atoms with Gasteiger partial charge in [0.25, 0.3) is 0 Å². The van der Waals surface area contributed by atoms with Crippen LogP contribution in [0.3, 0.4) is 0 Å². The molecule has 0 unspecified atom stereocenters. The molecule has 10 heteroatoms. The van der Waals surface area contributed by atoms with Gasteiger partial charge in [0.1, 0.15) is 12.0 Å². The van der Waals surface area contributed by atoms with Crippen molar-refractivity contribution in [3.8, 4) is 0 Å². The van der Waals surface area contributed by atoms with Gasteiger partial charge in [0.2, 0.25) is 0 Å². The van der Waals surface area contributed by atoms with Gasteiger partial charge in [-0.25, -0.2) is 4.79 Å². The summed E-state index contributed by atoms with van der Waals surface area (Å²) in [7, 11) is 0. The van der Waals surface area contributed by atoms with Crippen LogP contribution >= 0.6 is 0 Å². The van der Waals surface area contributed by atoms with Crippen molar-refractivity contribution in [1.82, 2.24) is 4.98 Å². The maximum absolute atomic E-state index is 12.4. The molecule has 0 saturated heterocycles. The Kier molecular flexibility index (Phi) is 6.95. The van der Waals surface area contributed by atoms with Crippen molar-refractivity contribution in [3.05, 3.63) is 29.6 Å². The number of alkyl halides is 6. The highest BCUT2D eigenvalue weighted by molar-refractivity contribution is 5.73. The number of aliphatic carboxylic acids is 1. The predicted octanol–water partition coefficient (Wildman–Crippen LogP) is 4.21. The van der Waals surface area contributed by atoms with Crippen LogP contribution in [0.2, 0.25) is 0 Å². The quantitative estimate of drug-likeness (QED) is 0.625. The maximum atomic E-state index is 12.4. The fraction of sp³-hybridized carbons (Fsp3) is 0.533. The van der Waals surface area contributed by atoms with Crippen LogP contribution in [0.15, 0.2) is 18.3 Å². The molecule has 1 N–H and O–H groups in total. The van der Waals surface area contributed by atoms with E-state index in [0.717, 1.165) is 43.6 Å². The lowest BCUT2D eigenvalue weighted by atomic mass is 9.80. The molecule has 0 spiro atoms. The summed E-state index contributed by atoms with van der Waals surface area (Å²) < 4.78 is 68.8. The molecule has 0 bridgehead atoms. The summed E-state index contributed by atoms with van der Waals surface area (Å²) in [6.45, 7) is 0. The molecular weight excluding hydrogens is 356 g/mol. The lowest BCUT2D eigenvalue weighted by molar-refractivity contribution is -0.192. The van der Waals surface area contributed by atoms with E-state index in [4.69, 9.17) is 9.90 Å². The number of carbonyl (C=O) groups is 2.